The molecule has 4 aliphatic carbocycles. The fourth-order valence-corrected chi connectivity index (χ4v) is 7.31. The maximum absolute atomic E-state index is 13.9. The van der Waals surface area contributed by atoms with Crippen LogP contribution in [0.2, 0.25) is 0 Å². The molecule has 4 aliphatic rings. The maximum Gasteiger partial charge on any atom is 0.149 e. The molecule has 3 heteroatoms. The number of aliphatic hydroxyl groups is 1. The molecule has 0 heterocycles. The zero-order valence-corrected chi connectivity index (χ0v) is 15.8. The van der Waals surface area contributed by atoms with Crippen molar-refractivity contribution >= 4 is 5.78 Å². The van der Waals surface area contributed by atoms with Gasteiger partial charge in [0.25, 0.3) is 0 Å². The van der Waals surface area contributed by atoms with E-state index < -0.39 is 11.0 Å². The van der Waals surface area contributed by atoms with Crippen LogP contribution in [0.1, 0.15) is 59.8 Å². The van der Waals surface area contributed by atoms with Crippen molar-refractivity contribution in [1.29, 1.82) is 0 Å². The van der Waals surface area contributed by atoms with Gasteiger partial charge in [0.05, 0.1) is 23.0 Å². The van der Waals surface area contributed by atoms with Crippen LogP contribution in [0.5, 0.6) is 0 Å². The monoisotopic (exact) mass is 332 g/mol. The highest BCUT2D eigenvalue weighted by Crippen LogP contribution is 2.73. The zero-order valence-electron chi connectivity index (χ0n) is 15.8. The minimum absolute atomic E-state index is 0.0140. The maximum atomic E-state index is 13.9. The molecule has 2 fully saturated rings. The Morgan fingerprint density at radius 2 is 1.79 bits per heavy atom. The number of ether oxygens (including phenoxy) is 1. The standard InChI is InChI=1S/C21H32O3/c1-11(2)17-19(22)20-15(9-10-16(20)24-5)13-7-6-8-14(13)18(20)21(17,23)12(3)4/h11-12,15-18,23H,6-10H2,1-5H3/t15-,16-,17?,18?,20+,21-/m1/s1. The van der Waals surface area contributed by atoms with Gasteiger partial charge in [0.15, 0.2) is 0 Å². The van der Waals surface area contributed by atoms with Crippen LogP contribution < -0.4 is 0 Å². The summed E-state index contributed by atoms with van der Waals surface area (Å²) in [4.78, 5) is 13.9. The molecule has 0 saturated heterocycles. The van der Waals surface area contributed by atoms with Crippen molar-refractivity contribution in [1.82, 2.24) is 0 Å². The smallest absolute Gasteiger partial charge is 0.149 e. The molecule has 0 aromatic heterocycles. The summed E-state index contributed by atoms with van der Waals surface area (Å²) in [6.45, 7) is 8.40. The third-order valence-electron chi connectivity index (χ3n) is 7.92. The molecule has 0 aliphatic heterocycles. The number of methoxy groups -OCH3 is 1. The van der Waals surface area contributed by atoms with Crippen LogP contribution in [0.25, 0.3) is 0 Å². The van der Waals surface area contributed by atoms with Gasteiger partial charge in [0.2, 0.25) is 0 Å². The Hall–Kier alpha value is -0.670. The molecule has 4 rings (SSSR count). The van der Waals surface area contributed by atoms with Gasteiger partial charge < -0.3 is 9.84 Å². The molecular formula is C21H32O3. The van der Waals surface area contributed by atoms with Crippen LogP contribution in [-0.4, -0.2) is 29.7 Å². The van der Waals surface area contributed by atoms with E-state index in [0.29, 0.717) is 11.7 Å². The van der Waals surface area contributed by atoms with Crippen molar-refractivity contribution in [2.24, 2.45) is 35.0 Å². The highest BCUT2D eigenvalue weighted by molar-refractivity contribution is 5.95. The normalized spacial score (nSPS) is 47.1. The second-order valence-corrected chi connectivity index (χ2v) is 9.25. The lowest BCUT2D eigenvalue weighted by Crippen LogP contribution is -2.50. The Morgan fingerprint density at radius 1 is 1.12 bits per heavy atom. The average Bonchev–Trinajstić information content (AvgIpc) is 3.18. The molecule has 0 aromatic carbocycles. The van der Waals surface area contributed by atoms with Gasteiger partial charge in [-0.05, 0) is 49.9 Å². The molecule has 134 valence electrons. The summed E-state index contributed by atoms with van der Waals surface area (Å²) in [6, 6.07) is 0. The lowest BCUT2D eigenvalue weighted by atomic mass is 9.65. The van der Waals surface area contributed by atoms with Crippen LogP contribution in [0.4, 0.5) is 0 Å². The van der Waals surface area contributed by atoms with Gasteiger partial charge in [0, 0.05) is 13.0 Å². The molecule has 6 atom stereocenters. The van der Waals surface area contributed by atoms with Crippen LogP contribution in [-0.2, 0) is 9.53 Å². The van der Waals surface area contributed by atoms with E-state index in [2.05, 4.69) is 27.7 Å². The predicted octanol–water partition coefficient (Wildman–Crippen LogP) is 3.75. The topological polar surface area (TPSA) is 46.5 Å². The van der Waals surface area contributed by atoms with Gasteiger partial charge in [0.1, 0.15) is 5.78 Å². The highest BCUT2D eigenvalue weighted by atomic mass is 16.5. The van der Waals surface area contributed by atoms with E-state index in [1.54, 1.807) is 7.11 Å². The van der Waals surface area contributed by atoms with Gasteiger partial charge in [-0.15, -0.1) is 0 Å². The quantitative estimate of drug-likeness (QED) is 0.801. The fourth-order valence-electron chi connectivity index (χ4n) is 7.31. The molecule has 0 amide bonds. The Balaban J connectivity index is 1.97. The van der Waals surface area contributed by atoms with E-state index in [4.69, 9.17) is 4.74 Å². The van der Waals surface area contributed by atoms with E-state index >= 15 is 0 Å². The van der Waals surface area contributed by atoms with E-state index in [9.17, 15) is 9.90 Å². The van der Waals surface area contributed by atoms with Crippen molar-refractivity contribution in [3.8, 4) is 0 Å². The second-order valence-electron chi connectivity index (χ2n) is 9.25. The predicted molar refractivity (Wildman–Crippen MR) is 93.4 cm³/mol. The summed E-state index contributed by atoms with van der Waals surface area (Å²) in [7, 11) is 1.76. The van der Waals surface area contributed by atoms with Crippen LogP contribution in [0, 0.1) is 35.0 Å². The molecule has 1 spiro atoms. The third kappa shape index (κ3) is 1.60. The number of rotatable bonds is 3. The van der Waals surface area contributed by atoms with E-state index in [-0.39, 0.29) is 29.8 Å². The number of carbonyl (C=O) groups excluding carboxylic acids is 1. The fraction of sp³-hybridized carbons (Fsp3) is 0.857. The highest BCUT2D eigenvalue weighted by Gasteiger charge is 2.78. The SMILES string of the molecule is CO[C@@H]1CC[C@@H]2C3=C(CCC3)C3[C@@](O)(C(C)C)C(C(C)C)C(=O)[C@@]321. The summed E-state index contributed by atoms with van der Waals surface area (Å²) >= 11 is 0. The second kappa shape index (κ2) is 5.17. The number of ketones is 1. The largest absolute Gasteiger partial charge is 0.388 e. The van der Waals surface area contributed by atoms with E-state index in [0.717, 1.165) is 25.7 Å². The lowest BCUT2D eigenvalue weighted by Gasteiger charge is -2.43. The average molecular weight is 332 g/mol. The summed E-state index contributed by atoms with van der Waals surface area (Å²) in [5.41, 5.74) is 1.56. The van der Waals surface area contributed by atoms with Gasteiger partial charge in [-0.2, -0.15) is 0 Å². The summed E-state index contributed by atoms with van der Waals surface area (Å²) in [6.07, 6.45) is 5.38. The summed E-state index contributed by atoms with van der Waals surface area (Å²) < 4.78 is 5.91. The first kappa shape index (κ1) is 16.8. The number of hydrogen-bond acceptors (Lipinski definition) is 3. The van der Waals surface area contributed by atoms with E-state index in [1.165, 1.54) is 17.6 Å². The first-order valence-corrected chi connectivity index (χ1v) is 9.84. The van der Waals surface area contributed by atoms with Crippen LogP contribution in [0.15, 0.2) is 11.1 Å². The Morgan fingerprint density at radius 3 is 2.38 bits per heavy atom. The molecule has 0 bridgehead atoms. The van der Waals surface area contributed by atoms with Crippen molar-refractivity contribution in [3.63, 3.8) is 0 Å². The Labute approximate surface area is 145 Å². The van der Waals surface area contributed by atoms with Crippen molar-refractivity contribution in [3.05, 3.63) is 11.1 Å². The molecule has 2 saturated carbocycles. The minimum Gasteiger partial charge on any atom is -0.388 e. The van der Waals surface area contributed by atoms with Gasteiger partial charge >= 0.3 is 0 Å². The van der Waals surface area contributed by atoms with Crippen LogP contribution in [0.3, 0.4) is 0 Å². The molecule has 1 N–H and O–H groups in total. The number of Topliss-reactive ketones (excluding diaryl/α,β-unsaturated/α-hetero) is 1. The van der Waals surface area contributed by atoms with Crippen molar-refractivity contribution in [2.45, 2.75) is 71.5 Å². The van der Waals surface area contributed by atoms with Gasteiger partial charge in [-0.25, -0.2) is 0 Å². The summed E-state index contributed by atoms with van der Waals surface area (Å²) in [5.74, 6) is 0.586. The molecule has 3 nitrogen and oxygen atoms in total. The Bertz CT molecular complexity index is 604. The molecule has 0 radical (unpaired) electrons. The number of hydrogen-bond donors (Lipinski definition) is 1. The van der Waals surface area contributed by atoms with Crippen LogP contribution >= 0.6 is 0 Å². The van der Waals surface area contributed by atoms with Gasteiger partial charge in [-0.1, -0.05) is 38.8 Å². The number of allylic oxidation sites excluding steroid dienone is 1. The summed E-state index contributed by atoms with van der Waals surface area (Å²) in [5, 5.41) is 12.0. The first-order valence-electron chi connectivity index (χ1n) is 9.84. The van der Waals surface area contributed by atoms with Crippen molar-refractivity contribution in [2.75, 3.05) is 7.11 Å². The molecule has 2 unspecified atom stereocenters. The van der Waals surface area contributed by atoms with E-state index in [1.807, 2.05) is 0 Å². The molecule has 0 aromatic rings. The minimum atomic E-state index is -0.925. The number of carbonyl (C=O) groups is 1. The van der Waals surface area contributed by atoms with Gasteiger partial charge in [-0.3, -0.25) is 4.79 Å². The lowest BCUT2D eigenvalue weighted by molar-refractivity contribution is -0.139. The Kier molecular flexibility index (Phi) is 3.61. The number of fused-ring (bicyclic) bond motifs is 2. The third-order valence-corrected chi connectivity index (χ3v) is 7.92. The van der Waals surface area contributed by atoms with Crippen molar-refractivity contribution < 1.29 is 14.6 Å². The first-order chi connectivity index (χ1) is 11.3. The molecule has 24 heavy (non-hydrogen) atoms. The zero-order chi connectivity index (χ0) is 17.4. The molecular weight excluding hydrogens is 300 g/mol.